The molecule has 0 radical (unpaired) electrons. The van der Waals surface area contributed by atoms with E-state index in [0.717, 1.165) is 10.8 Å². The predicted octanol–water partition coefficient (Wildman–Crippen LogP) is 2.65. The van der Waals surface area contributed by atoms with Crippen molar-refractivity contribution in [1.82, 2.24) is 14.9 Å². The molecule has 7 heteroatoms. The standard InChI is InChI=1S/C18H23N3O3S/c1-13-6-4-7-15(14(13)2)21-11-10-20-18(21)25-12-16(22)19-9-5-8-17(23)24-3/h4,6-7,10-11H,5,8-9,12H2,1-3H3,(H,19,22). The van der Waals surface area contributed by atoms with E-state index in [0.29, 0.717) is 19.4 Å². The lowest BCUT2D eigenvalue weighted by atomic mass is 10.1. The van der Waals surface area contributed by atoms with Gasteiger partial charge in [-0.2, -0.15) is 0 Å². The Bertz CT molecular complexity index is 743. The van der Waals surface area contributed by atoms with E-state index in [9.17, 15) is 9.59 Å². The van der Waals surface area contributed by atoms with E-state index in [4.69, 9.17) is 0 Å². The van der Waals surface area contributed by atoms with Crippen LogP contribution in [0.5, 0.6) is 0 Å². The molecule has 0 atom stereocenters. The Labute approximate surface area is 152 Å². The van der Waals surface area contributed by atoms with Crippen molar-refractivity contribution in [3.05, 3.63) is 41.7 Å². The van der Waals surface area contributed by atoms with Gasteiger partial charge in [-0.25, -0.2) is 4.98 Å². The van der Waals surface area contributed by atoms with Crippen LogP contribution in [0.15, 0.2) is 35.7 Å². The van der Waals surface area contributed by atoms with Gasteiger partial charge in [-0.05, 0) is 37.5 Å². The molecule has 134 valence electrons. The smallest absolute Gasteiger partial charge is 0.305 e. The number of thioether (sulfide) groups is 1. The molecule has 0 saturated heterocycles. The Morgan fingerprint density at radius 2 is 2.12 bits per heavy atom. The van der Waals surface area contributed by atoms with E-state index >= 15 is 0 Å². The number of amides is 1. The number of imidazole rings is 1. The van der Waals surface area contributed by atoms with E-state index in [2.05, 4.69) is 35.0 Å². The van der Waals surface area contributed by atoms with Crippen molar-refractivity contribution in [3.8, 4) is 5.69 Å². The minimum absolute atomic E-state index is 0.0784. The number of methoxy groups -OCH3 is 1. The molecule has 25 heavy (non-hydrogen) atoms. The highest BCUT2D eigenvalue weighted by Gasteiger charge is 2.11. The molecule has 0 bridgehead atoms. The van der Waals surface area contributed by atoms with E-state index in [-0.39, 0.29) is 17.6 Å². The van der Waals surface area contributed by atoms with Crippen LogP contribution in [0.25, 0.3) is 5.69 Å². The van der Waals surface area contributed by atoms with Crippen molar-refractivity contribution < 1.29 is 14.3 Å². The molecule has 0 fully saturated rings. The number of aryl methyl sites for hydroxylation is 1. The SMILES string of the molecule is COC(=O)CCCNC(=O)CSc1nccn1-c1cccc(C)c1C. The van der Waals surface area contributed by atoms with Crippen molar-refractivity contribution in [1.29, 1.82) is 0 Å². The summed E-state index contributed by atoms with van der Waals surface area (Å²) in [4.78, 5) is 27.3. The summed E-state index contributed by atoms with van der Waals surface area (Å²) < 4.78 is 6.56. The Hall–Kier alpha value is -2.28. The molecular weight excluding hydrogens is 338 g/mol. The summed E-state index contributed by atoms with van der Waals surface area (Å²) in [6.07, 6.45) is 4.51. The maximum absolute atomic E-state index is 11.9. The van der Waals surface area contributed by atoms with Crippen molar-refractivity contribution in [2.24, 2.45) is 0 Å². The predicted molar refractivity (Wildman–Crippen MR) is 98.0 cm³/mol. The third-order valence-electron chi connectivity index (χ3n) is 3.88. The van der Waals surface area contributed by atoms with Crippen LogP contribution in [0.1, 0.15) is 24.0 Å². The summed E-state index contributed by atoms with van der Waals surface area (Å²) in [5, 5.41) is 3.58. The number of carbonyl (C=O) groups excluding carboxylic acids is 2. The minimum Gasteiger partial charge on any atom is -0.469 e. The van der Waals surface area contributed by atoms with Crippen LogP contribution in [-0.2, 0) is 14.3 Å². The number of nitrogens with one attached hydrogen (secondary N) is 1. The highest BCUT2D eigenvalue weighted by Crippen LogP contribution is 2.24. The number of ether oxygens (including phenoxy) is 1. The molecule has 0 saturated carbocycles. The molecule has 0 aliphatic rings. The number of aromatic nitrogens is 2. The first-order chi connectivity index (χ1) is 12.0. The van der Waals surface area contributed by atoms with E-state index in [1.165, 1.54) is 30.0 Å². The van der Waals surface area contributed by atoms with Crippen molar-refractivity contribution in [2.45, 2.75) is 31.8 Å². The number of nitrogens with zero attached hydrogens (tertiary/aromatic N) is 2. The van der Waals surface area contributed by atoms with E-state index in [1.54, 1.807) is 6.20 Å². The van der Waals surface area contributed by atoms with Gasteiger partial charge in [0.05, 0.1) is 18.6 Å². The lowest BCUT2D eigenvalue weighted by Gasteiger charge is -2.12. The van der Waals surface area contributed by atoms with E-state index in [1.807, 2.05) is 22.9 Å². The molecule has 0 spiro atoms. The zero-order chi connectivity index (χ0) is 18.2. The highest BCUT2D eigenvalue weighted by molar-refractivity contribution is 7.99. The Balaban J connectivity index is 1.88. The minimum atomic E-state index is -0.265. The fourth-order valence-corrected chi connectivity index (χ4v) is 3.12. The molecule has 2 aromatic rings. The van der Waals surface area contributed by atoms with Crippen LogP contribution in [0.2, 0.25) is 0 Å². The molecule has 1 aromatic heterocycles. The number of hydrogen-bond donors (Lipinski definition) is 1. The average molecular weight is 361 g/mol. The van der Waals surface area contributed by atoms with E-state index < -0.39 is 0 Å². The van der Waals surface area contributed by atoms with Gasteiger partial charge >= 0.3 is 5.97 Å². The molecule has 0 unspecified atom stereocenters. The third-order valence-corrected chi connectivity index (χ3v) is 4.85. The fourth-order valence-electron chi connectivity index (χ4n) is 2.32. The molecule has 0 aliphatic carbocycles. The largest absolute Gasteiger partial charge is 0.469 e. The topological polar surface area (TPSA) is 73.2 Å². The van der Waals surface area contributed by atoms with Crippen LogP contribution in [0, 0.1) is 13.8 Å². The molecule has 1 heterocycles. The average Bonchev–Trinajstić information content (AvgIpc) is 3.07. The monoisotopic (exact) mass is 361 g/mol. The third kappa shape index (κ3) is 5.35. The molecule has 1 amide bonds. The Kier molecular flexibility index (Phi) is 7.06. The summed E-state index contributed by atoms with van der Waals surface area (Å²) in [6.45, 7) is 4.61. The van der Waals surface area contributed by atoms with Gasteiger partial charge < -0.3 is 10.1 Å². The number of hydrogen-bond acceptors (Lipinski definition) is 5. The molecule has 6 nitrogen and oxygen atoms in total. The second kappa shape index (κ2) is 9.27. The summed E-state index contributed by atoms with van der Waals surface area (Å²) in [7, 11) is 1.36. The number of benzene rings is 1. The van der Waals surface area contributed by atoms with Crippen LogP contribution < -0.4 is 5.32 Å². The van der Waals surface area contributed by atoms with Gasteiger partial charge in [0, 0.05) is 25.4 Å². The van der Waals surface area contributed by atoms with Crippen molar-refractivity contribution >= 4 is 23.6 Å². The number of carbonyl (C=O) groups is 2. The maximum Gasteiger partial charge on any atom is 0.305 e. The molecule has 1 aromatic carbocycles. The summed E-state index contributed by atoms with van der Waals surface area (Å²) in [6, 6.07) is 6.13. The first kappa shape index (κ1) is 19.1. The van der Waals surface area contributed by atoms with Gasteiger partial charge in [0.1, 0.15) is 0 Å². The normalized spacial score (nSPS) is 10.5. The zero-order valence-corrected chi connectivity index (χ0v) is 15.6. The molecule has 2 rings (SSSR count). The lowest BCUT2D eigenvalue weighted by molar-refractivity contribution is -0.140. The summed E-state index contributed by atoms with van der Waals surface area (Å²) >= 11 is 1.39. The van der Waals surface area contributed by atoms with Crippen LogP contribution in [-0.4, -0.2) is 40.8 Å². The molecular formula is C18H23N3O3S. The summed E-state index contributed by atoms with van der Waals surface area (Å²) in [5.74, 6) is -0.0651. The zero-order valence-electron chi connectivity index (χ0n) is 14.7. The second-order valence-corrected chi connectivity index (χ2v) is 6.56. The number of esters is 1. The van der Waals surface area contributed by atoms with Crippen LogP contribution in [0.4, 0.5) is 0 Å². The van der Waals surface area contributed by atoms with Gasteiger partial charge in [0.15, 0.2) is 5.16 Å². The Morgan fingerprint density at radius 3 is 2.88 bits per heavy atom. The second-order valence-electron chi connectivity index (χ2n) is 5.62. The molecule has 1 N–H and O–H groups in total. The van der Waals surface area contributed by atoms with Crippen LogP contribution >= 0.6 is 11.8 Å². The quantitative estimate of drug-likeness (QED) is 0.444. The first-order valence-electron chi connectivity index (χ1n) is 8.09. The molecule has 0 aliphatic heterocycles. The fraction of sp³-hybridized carbons (Fsp3) is 0.389. The van der Waals surface area contributed by atoms with Gasteiger partial charge in [0.25, 0.3) is 0 Å². The summed E-state index contributed by atoms with van der Waals surface area (Å²) in [5.41, 5.74) is 3.47. The Morgan fingerprint density at radius 1 is 1.32 bits per heavy atom. The lowest BCUT2D eigenvalue weighted by Crippen LogP contribution is -2.26. The van der Waals surface area contributed by atoms with Crippen molar-refractivity contribution in [2.75, 3.05) is 19.4 Å². The number of rotatable bonds is 8. The van der Waals surface area contributed by atoms with Gasteiger partial charge in [-0.1, -0.05) is 23.9 Å². The highest BCUT2D eigenvalue weighted by atomic mass is 32.2. The maximum atomic E-state index is 11.9. The van der Waals surface area contributed by atoms with Gasteiger partial charge in [0.2, 0.25) is 5.91 Å². The van der Waals surface area contributed by atoms with Crippen LogP contribution in [0.3, 0.4) is 0 Å². The van der Waals surface area contributed by atoms with Gasteiger partial charge in [-0.15, -0.1) is 0 Å². The van der Waals surface area contributed by atoms with Crippen molar-refractivity contribution in [3.63, 3.8) is 0 Å². The first-order valence-corrected chi connectivity index (χ1v) is 9.07. The van der Waals surface area contributed by atoms with Gasteiger partial charge in [-0.3, -0.25) is 14.2 Å².